The van der Waals surface area contributed by atoms with Crippen LogP contribution in [-0.2, 0) is 19.5 Å². The third kappa shape index (κ3) is 3.53. The van der Waals surface area contributed by atoms with Crippen LogP contribution in [0.2, 0.25) is 0 Å². The Bertz CT molecular complexity index is 890. The lowest BCUT2D eigenvalue weighted by molar-refractivity contribution is 0.241. The van der Waals surface area contributed by atoms with E-state index in [-0.39, 0.29) is 5.56 Å². The van der Waals surface area contributed by atoms with Crippen LogP contribution in [0.3, 0.4) is 0 Å². The number of methoxy groups -OCH3 is 1. The van der Waals surface area contributed by atoms with Crippen molar-refractivity contribution in [3.63, 3.8) is 0 Å². The Morgan fingerprint density at radius 2 is 2.19 bits per heavy atom. The molecule has 7 nitrogen and oxygen atoms in total. The molecule has 0 spiro atoms. The van der Waals surface area contributed by atoms with Crippen LogP contribution < -0.4 is 10.3 Å². The molecule has 136 valence electrons. The highest BCUT2D eigenvalue weighted by atomic mass is 16.5. The quantitative estimate of drug-likeness (QED) is 0.905. The van der Waals surface area contributed by atoms with E-state index in [4.69, 9.17) is 9.72 Å². The van der Waals surface area contributed by atoms with Gasteiger partial charge in [-0.15, -0.1) is 0 Å². The second-order valence-electron chi connectivity index (χ2n) is 6.82. The van der Waals surface area contributed by atoms with Crippen LogP contribution in [-0.4, -0.2) is 45.8 Å². The molecule has 4 heterocycles. The van der Waals surface area contributed by atoms with Crippen molar-refractivity contribution in [1.29, 1.82) is 0 Å². The molecule has 0 bridgehead atoms. The molecule has 0 aliphatic carbocycles. The summed E-state index contributed by atoms with van der Waals surface area (Å²) in [5, 5.41) is 0. The van der Waals surface area contributed by atoms with Crippen molar-refractivity contribution in [3.05, 3.63) is 51.5 Å². The number of fused-ring (bicyclic) bond motifs is 1. The molecule has 2 aliphatic rings. The summed E-state index contributed by atoms with van der Waals surface area (Å²) in [6.07, 6.45) is 7.44. The zero-order chi connectivity index (χ0) is 17.9. The Labute approximate surface area is 152 Å². The molecule has 0 fully saturated rings. The third-order valence-corrected chi connectivity index (χ3v) is 4.96. The number of nitrogens with one attached hydrogen (secondary N) is 1. The standard InChI is InChI=1S/C19H23N5O2/c1-26-14-8-13(9-20-10-14)11-24-7-5-16-15(12-24)19(25)23-18(22-16)17-4-2-3-6-21-17/h8-10H,2-7,11-12H2,1H3,(H,22,23,25). The van der Waals surface area contributed by atoms with Gasteiger partial charge in [-0.25, -0.2) is 4.98 Å². The normalized spacial score (nSPS) is 17.5. The van der Waals surface area contributed by atoms with Gasteiger partial charge in [0.05, 0.1) is 30.3 Å². The molecule has 7 heteroatoms. The highest BCUT2D eigenvalue weighted by molar-refractivity contribution is 5.97. The van der Waals surface area contributed by atoms with Crippen LogP contribution in [0.5, 0.6) is 5.75 Å². The number of aliphatic imine (C=N–C) groups is 1. The minimum atomic E-state index is -0.0354. The second kappa shape index (κ2) is 7.37. The number of aromatic amines is 1. The average Bonchev–Trinajstić information content (AvgIpc) is 2.69. The predicted molar refractivity (Wildman–Crippen MR) is 98.7 cm³/mol. The fraction of sp³-hybridized carbons (Fsp3) is 0.474. The molecule has 0 unspecified atom stereocenters. The average molecular weight is 353 g/mol. The van der Waals surface area contributed by atoms with Gasteiger partial charge >= 0.3 is 0 Å². The zero-order valence-electron chi connectivity index (χ0n) is 15.0. The summed E-state index contributed by atoms with van der Waals surface area (Å²) in [5.74, 6) is 1.41. The number of pyridine rings is 1. The molecule has 26 heavy (non-hydrogen) atoms. The smallest absolute Gasteiger partial charge is 0.255 e. The summed E-state index contributed by atoms with van der Waals surface area (Å²) in [6, 6.07) is 1.98. The first-order chi connectivity index (χ1) is 12.7. The number of hydrogen-bond acceptors (Lipinski definition) is 6. The maximum absolute atomic E-state index is 12.6. The van der Waals surface area contributed by atoms with Crippen molar-refractivity contribution >= 4 is 5.71 Å². The number of hydrogen-bond donors (Lipinski definition) is 1. The zero-order valence-corrected chi connectivity index (χ0v) is 15.0. The lowest BCUT2D eigenvalue weighted by Crippen LogP contribution is -2.36. The molecule has 0 amide bonds. The van der Waals surface area contributed by atoms with Gasteiger partial charge < -0.3 is 9.72 Å². The van der Waals surface area contributed by atoms with E-state index in [0.717, 1.165) is 73.6 Å². The van der Waals surface area contributed by atoms with E-state index in [1.165, 1.54) is 0 Å². The molecule has 2 aliphatic heterocycles. The van der Waals surface area contributed by atoms with Gasteiger partial charge in [0.15, 0.2) is 5.82 Å². The van der Waals surface area contributed by atoms with E-state index in [2.05, 4.69) is 19.9 Å². The first kappa shape index (κ1) is 16.9. The Hall–Kier alpha value is -2.54. The van der Waals surface area contributed by atoms with Gasteiger partial charge in [0.25, 0.3) is 5.56 Å². The van der Waals surface area contributed by atoms with E-state index in [1.807, 2.05) is 12.3 Å². The first-order valence-corrected chi connectivity index (χ1v) is 9.09. The van der Waals surface area contributed by atoms with Crippen molar-refractivity contribution in [1.82, 2.24) is 19.9 Å². The number of ether oxygens (including phenoxy) is 1. The molecule has 0 saturated heterocycles. The summed E-state index contributed by atoms with van der Waals surface area (Å²) in [4.78, 5) is 31.3. The van der Waals surface area contributed by atoms with E-state index >= 15 is 0 Å². The highest BCUT2D eigenvalue weighted by Crippen LogP contribution is 2.19. The summed E-state index contributed by atoms with van der Waals surface area (Å²) < 4.78 is 5.23. The van der Waals surface area contributed by atoms with Gasteiger partial charge in [0.2, 0.25) is 0 Å². The molecule has 0 saturated carbocycles. The number of aromatic nitrogens is 3. The number of H-pyrrole nitrogens is 1. The molecular weight excluding hydrogens is 330 g/mol. The van der Waals surface area contributed by atoms with E-state index in [1.54, 1.807) is 13.3 Å². The Morgan fingerprint density at radius 1 is 1.27 bits per heavy atom. The van der Waals surface area contributed by atoms with Crippen molar-refractivity contribution in [3.8, 4) is 5.75 Å². The Balaban J connectivity index is 1.53. The molecule has 0 atom stereocenters. The minimum Gasteiger partial charge on any atom is -0.495 e. The molecule has 0 radical (unpaired) electrons. The lowest BCUT2D eigenvalue weighted by Gasteiger charge is -2.27. The number of rotatable bonds is 4. The Morgan fingerprint density at radius 3 is 3.00 bits per heavy atom. The van der Waals surface area contributed by atoms with E-state index < -0.39 is 0 Å². The van der Waals surface area contributed by atoms with Gasteiger partial charge in [-0.05, 0) is 30.9 Å². The molecule has 4 rings (SSSR count). The molecular formula is C19H23N5O2. The monoisotopic (exact) mass is 353 g/mol. The van der Waals surface area contributed by atoms with Gasteiger partial charge in [0, 0.05) is 38.8 Å². The van der Waals surface area contributed by atoms with Crippen molar-refractivity contribution in [2.24, 2.45) is 4.99 Å². The predicted octanol–water partition coefficient (Wildman–Crippen LogP) is 1.70. The fourth-order valence-corrected chi connectivity index (χ4v) is 3.56. The molecule has 2 aromatic heterocycles. The van der Waals surface area contributed by atoms with Gasteiger partial charge in [-0.1, -0.05) is 0 Å². The molecule has 1 N–H and O–H groups in total. The van der Waals surface area contributed by atoms with Crippen LogP contribution in [0.1, 0.15) is 41.9 Å². The number of nitrogens with zero attached hydrogens (tertiary/aromatic N) is 4. The van der Waals surface area contributed by atoms with Crippen LogP contribution >= 0.6 is 0 Å². The summed E-state index contributed by atoms with van der Waals surface area (Å²) in [7, 11) is 1.64. The van der Waals surface area contributed by atoms with Gasteiger partial charge in [-0.3, -0.25) is 19.7 Å². The molecule has 0 aromatic carbocycles. The van der Waals surface area contributed by atoms with Crippen LogP contribution in [0, 0.1) is 0 Å². The third-order valence-electron chi connectivity index (χ3n) is 4.96. The van der Waals surface area contributed by atoms with Crippen molar-refractivity contribution < 1.29 is 4.74 Å². The van der Waals surface area contributed by atoms with E-state index in [9.17, 15) is 4.79 Å². The van der Waals surface area contributed by atoms with Gasteiger partial charge in [-0.2, -0.15) is 0 Å². The summed E-state index contributed by atoms with van der Waals surface area (Å²) in [5.41, 5.74) is 3.67. The van der Waals surface area contributed by atoms with Crippen LogP contribution in [0.25, 0.3) is 0 Å². The van der Waals surface area contributed by atoms with Gasteiger partial charge in [0.1, 0.15) is 5.75 Å². The lowest BCUT2D eigenvalue weighted by atomic mass is 10.0. The summed E-state index contributed by atoms with van der Waals surface area (Å²) in [6.45, 7) is 3.03. The van der Waals surface area contributed by atoms with Crippen LogP contribution in [0.15, 0.2) is 28.2 Å². The maximum Gasteiger partial charge on any atom is 0.255 e. The first-order valence-electron chi connectivity index (χ1n) is 9.09. The van der Waals surface area contributed by atoms with Crippen LogP contribution in [0.4, 0.5) is 0 Å². The van der Waals surface area contributed by atoms with Crippen molar-refractivity contribution in [2.75, 3.05) is 20.2 Å². The maximum atomic E-state index is 12.6. The highest BCUT2D eigenvalue weighted by Gasteiger charge is 2.22. The van der Waals surface area contributed by atoms with Crippen molar-refractivity contribution in [2.45, 2.75) is 38.8 Å². The molecule has 2 aromatic rings. The summed E-state index contributed by atoms with van der Waals surface area (Å²) >= 11 is 0. The fourth-order valence-electron chi connectivity index (χ4n) is 3.56. The topological polar surface area (TPSA) is 83.5 Å². The largest absolute Gasteiger partial charge is 0.495 e. The second-order valence-corrected chi connectivity index (χ2v) is 6.82. The minimum absolute atomic E-state index is 0.0354. The SMILES string of the molecule is COc1cncc(CN2CCc3nc(C4=NCCCC4)[nH]c(=O)c3C2)c1. The Kier molecular flexibility index (Phi) is 4.79. The van der Waals surface area contributed by atoms with E-state index in [0.29, 0.717) is 12.4 Å².